The maximum atomic E-state index is 11.7. The van der Waals surface area contributed by atoms with E-state index in [4.69, 9.17) is 23.2 Å². The second-order valence-corrected chi connectivity index (χ2v) is 5.66. The van der Waals surface area contributed by atoms with Crippen molar-refractivity contribution < 1.29 is 9.59 Å². The van der Waals surface area contributed by atoms with Crippen molar-refractivity contribution >= 4 is 46.9 Å². The second kappa shape index (κ2) is 9.05. The molecule has 0 radical (unpaired) electrons. The lowest BCUT2D eigenvalue weighted by Gasteiger charge is -2.04. The minimum absolute atomic E-state index is 0.0201. The fourth-order valence-electron chi connectivity index (χ4n) is 1.83. The Kier molecular flexibility index (Phi) is 6.78. The molecule has 0 aliphatic heterocycles. The van der Waals surface area contributed by atoms with Gasteiger partial charge in [0.15, 0.2) is 0 Å². The van der Waals surface area contributed by atoms with Crippen LogP contribution in [-0.4, -0.2) is 18.0 Å². The van der Waals surface area contributed by atoms with Crippen molar-refractivity contribution in [2.24, 2.45) is 5.10 Å². The van der Waals surface area contributed by atoms with Gasteiger partial charge >= 0.3 is 0 Å². The van der Waals surface area contributed by atoms with Gasteiger partial charge in [0.1, 0.15) is 0 Å². The third-order valence-electron chi connectivity index (χ3n) is 3.02. The van der Waals surface area contributed by atoms with Crippen molar-refractivity contribution in [3.63, 3.8) is 0 Å². The van der Waals surface area contributed by atoms with E-state index in [1.165, 1.54) is 6.21 Å². The number of hydrazone groups is 1. The van der Waals surface area contributed by atoms with Crippen molar-refractivity contribution in [2.45, 2.75) is 12.8 Å². The molecule has 0 unspecified atom stereocenters. The molecule has 0 aliphatic rings. The zero-order valence-electron chi connectivity index (χ0n) is 12.6. The Hall–Kier alpha value is -2.37. The van der Waals surface area contributed by atoms with Gasteiger partial charge in [-0.15, -0.1) is 0 Å². The molecule has 0 bridgehead atoms. The number of halogens is 2. The molecule has 5 nitrogen and oxygen atoms in total. The maximum absolute atomic E-state index is 11.7. The number of nitrogens with one attached hydrogen (secondary N) is 2. The number of amides is 2. The van der Waals surface area contributed by atoms with Crippen LogP contribution in [0.25, 0.3) is 0 Å². The molecule has 2 amide bonds. The molecule has 0 atom stereocenters. The van der Waals surface area contributed by atoms with Crippen molar-refractivity contribution in [1.82, 2.24) is 5.43 Å². The number of para-hydroxylation sites is 1. The van der Waals surface area contributed by atoms with Crippen LogP contribution in [0.1, 0.15) is 18.4 Å². The average molecular weight is 364 g/mol. The van der Waals surface area contributed by atoms with Gasteiger partial charge in [-0.25, -0.2) is 5.43 Å². The molecule has 2 aromatic rings. The van der Waals surface area contributed by atoms with Crippen molar-refractivity contribution in [3.05, 3.63) is 64.1 Å². The maximum Gasteiger partial charge on any atom is 0.240 e. The molecule has 7 heteroatoms. The standard InChI is InChI=1S/C17H15Cl2N3O2/c18-14-7-4-8-15(19)13(14)11-20-22-17(24)10-9-16(23)21-12-5-2-1-3-6-12/h1-8,11H,9-10H2,(H,21,23)(H,22,24)/b20-11-. The number of rotatable bonds is 6. The van der Waals surface area contributed by atoms with Gasteiger partial charge in [-0.1, -0.05) is 47.5 Å². The summed E-state index contributed by atoms with van der Waals surface area (Å²) in [6.45, 7) is 0. The van der Waals surface area contributed by atoms with Crippen LogP contribution in [0.2, 0.25) is 10.0 Å². The SMILES string of the molecule is O=C(CCC(=O)Nc1ccccc1)N/N=C\c1c(Cl)cccc1Cl. The zero-order chi connectivity index (χ0) is 17.4. The van der Waals surface area contributed by atoms with Gasteiger partial charge in [-0.05, 0) is 24.3 Å². The van der Waals surface area contributed by atoms with Crippen LogP contribution in [0.3, 0.4) is 0 Å². The molecule has 2 N–H and O–H groups in total. The van der Waals surface area contributed by atoms with E-state index in [0.29, 0.717) is 21.3 Å². The van der Waals surface area contributed by atoms with E-state index in [-0.39, 0.29) is 24.7 Å². The summed E-state index contributed by atoms with van der Waals surface area (Å²) in [5.41, 5.74) is 3.54. The molecule has 124 valence electrons. The highest BCUT2D eigenvalue weighted by Crippen LogP contribution is 2.21. The highest BCUT2D eigenvalue weighted by molar-refractivity contribution is 6.38. The Morgan fingerprint density at radius 3 is 2.21 bits per heavy atom. The van der Waals surface area contributed by atoms with Gasteiger partial charge in [0.2, 0.25) is 11.8 Å². The summed E-state index contributed by atoms with van der Waals surface area (Å²) in [6, 6.07) is 14.1. The first-order valence-electron chi connectivity index (χ1n) is 7.17. The van der Waals surface area contributed by atoms with E-state index in [1.807, 2.05) is 18.2 Å². The summed E-state index contributed by atoms with van der Waals surface area (Å²) < 4.78 is 0. The minimum atomic E-state index is -0.377. The van der Waals surface area contributed by atoms with Crippen LogP contribution in [0, 0.1) is 0 Å². The highest BCUT2D eigenvalue weighted by Gasteiger charge is 2.07. The molecule has 0 saturated carbocycles. The van der Waals surface area contributed by atoms with E-state index in [0.717, 1.165) is 0 Å². The number of hydrogen-bond acceptors (Lipinski definition) is 3. The van der Waals surface area contributed by atoms with Crippen LogP contribution >= 0.6 is 23.2 Å². The van der Waals surface area contributed by atoms with Gasteiger partial charge < -0.3 is 5.32 Å². The molecular formula is C17H15Cl2N3O2. The molecule has 0 spiro atoms. The van der Waals surface area contributed by atoms with E-state index in [2.05, 4.69) is 15.8 Å². The Labute approximate surface area is 149 Å². The fraction of sp³-hybridized carbons (Fsp3) is 0.118. The number of carbonyl (C=O) groups excluding carboxylic acids is 2. The number of anilines is 1. The Morgan fingerprint density at radius 1 is 0.917 bits per heavy atom. The van der Waals surface area contributed by atoms with Crippen LogP contribution in [-0.2, 0) is 9.59 Å². The molecule has 2 aromatic carbocycles. The molecule has 0 heterocycles. The van der Waals surface area contributed by atoms with Crippen LogP contribution in [0.15, 0.2) is 53.6 Å². The van der Waals surface area contributed by atoms with Crippen LogP contribution in [0.5, 0.6) is 0 Å². The summed E-state index contributed by atoms with van der Waals surface area (Å²) in [4.78, 5) is 23.4. The fourth-order valence-corrected chi connectivity index (χ4v) is 2.33. The average Bonchev–Trinajstić information content (AvgIpc) is 2.56. The number of nitrogens with zero attached hydrogens (tertiary/aromatic N) is 1. The number of hydrogen-bond donors (Lipinski definition) is 2. The third kappa shape index (κ3) is 5.68. The predicted molar refractivity (Wildman–Crippen MR) is 96.5 cm³/mol. The summed E-state index contributed by atoms with van der Waals surface area (Å²) >= 11 is 12.0. The molecule has 0 saturated heterocycles. The summed E-state index contributed by atoms with van der Waals surface area (Å²) in [5, 5.41) is 7.37. The number of carbonyl (C=O) groups is 2. The van der Waals surface area contributed by atoms with Gasteiger partial charge in [0.25, 0.3) is 0 Å². The highest BCUT2D eigenvalue weighted by atomic mass is 35.5. The van der Waals surface area contributed by atoms with Gasteiger partial charge in [0, 0.05) is 24.1 Å². The predicted octanol–water partition coefficient (Wildman–Crippen LogP) is 3.86. The van der Waals surface area contributed by atoms with Crippen molar-refractivity contribution in [2.75, 3.05) is 5.32 Å². The normalized spacial score (nSPS) is 10.6. The molecule has 2 rings (SSSR count). The van der Waals surface area contributed by atoms with Crippen molar-refractivity contribution in [3.8, 4) is 0 Å². The van der Waals surface area contributed by atoms with E-state index in [1.54, 1.807) is 30.3 Å². The van der Waals surface area contributed by atoms with E-state index >= 15 is 0 Å². The smallest absolute Gasteiger partial charge is 0.240 e. The lowest BCUT2D eigenvalue weighted by atomic mass is 10.2. The minimum Gasteiger partial charge on any atom is -0.326 e. The van der Waals surface area contributed by atoms with Crippen LogP contribution in [0.4, 0.5) is 5.69 Å². The van der Waals surface area contributed by atoms with E-state index in [9.17, 15) is 9.59 Å². The number of benzene rings is 2. The lowest BCUT2D eigenvalue weighted by Crippen LogP contribution is -2.20. The lowest BCUT2D eigenvalue weighted by molar-refractivity contribution is -0.124. The largest absolute Gasteiger partial charge is 0.326 e. The molecule has 0 aliphatic carbocycles. The zero-order valence-corrected chi connectivity index (χ0v) is 14.1. The van der Waals surface area contributed by atoms with Crippen LogP contribution < -0.4 is 10.7 Å². The van der Waals surface area contributed by atoms with Crippen molar-refractivity contribution in [1.29, 1.82) is 0 Å². The Bertz CT molecular complexity index is 729. The Balaban J connectivity index is 1.77. The first-order valence-corrected chi connectivity index (χ1v) is 7.92. The first kappa shape index (κ1) is 18.0. The summed E-state index contributed by atoms with van der Waals surface area (Å²) in [6.07, 6.45) is 1.45. The first-order chi connectivity index (χ1) is 11.6. The topological polar surface area (TPSA) is 70.6 Å². The Morgan fingerprint density at radius 2 is 1.54 bits per heavy atom. The van der Waals surface area contributed by atoms with Gasteiger partial charge in [0.05, 0.1) is 16.3 Å². The monoisotopic (exact) mass is 363 g/mol. The molecule has 0 aromatic heterocycles. The second-order valence-electron chi connectivity index (χ2n) is 4.84. The van der Waals surface area contributed by atoms with Gasteiger partial charge in [-0.2, -0.15) is 5.10 Å². The quantitative estimate of drug-likeness (QED) is 0.604. The third-order valence-corrected chi connectivity index (χ3v) is 3.68. The summed E-state index contributed by atoms with van der Waals surface area (Å²) in [7, 11) is 0. The molecule has 24 heavy (non-hydrogen) atoms. The summed E-state index contributed by atoms with van der Waals surface area (Å²) in [5.74, 6) is -0.618. The molecular weight excluding hydrogens is 349 g/mol. The van der Waals surface area contributed by atoms with E-state index < -0.39 is 0 Å². The van der Waals surface area contributed by atoms with Gasteiger partial charge in [-0.3, -0.25) is 9.59 Å². The molecule has 0 fully saturated rings.